The molecule has 2 rings (SSSR count). The van der Waals surface area contributed by atoms with Crippen molar-refractivity contribution in [1.82, 2.24) is 10.2 Å². The van der Waals surface area contributed by atoms with E-state index in [0.717, 1.165) is 24.9 Å². The molecule has 0 saturated carbocycles. The Bertz CT molecular complexity index is 663. The monoisotopic (exact) mass is 401 g/mol. The summed E-state index contributed by atoms with van der Waals surface area (Å²) in [4.78, 5) is 18.3. The van der Waals surface area contributed by atoms with Gasteiger partial charge in [0.25, 0.3) is 0 Å². The highest BCUT2D eigenvalue weighted by atomic mass is 19.4. The van der Waals surface area contributed by atoms with Crippen LogP contribution in [0.3, 0.4) is 0 Å². The van der Waals surface area contributed by atoms with Crippen LogP contribution in [0.4, 0.5) is 13.2 Å². The molecular formula is C19H26F3N3O3. The maximum Gasteiger partial charge on any atom is 0.422 e. The zero-order valence-corrected chi connectivity index (χ0v) is 16.1. The molecule has 1 N–H and O–H groups in total. The minimum atomic E-state index is -4.36. The van der Waals surface area contributed by atoms with E-state index >= 15 is 0 Å². The fourth-order valence-electron chi connectivity index (χ4n) is 3.00. The molecule has 1 aliphatic heterocycles. The number of alkyl halides is 3. The molecule has 0 aromatic heterocycles. The van der Waals surface area contributed by atoms with Crippen LogP contribution in [0.15, 0.2) is 29.3 Å². The number of benzene rings is 1. The Hall–Kier alpha value is -2.45. The van der Waals surface area contributed by atoms with E-state index in [-0.39, 0.29) is 17.6 Å². The number of nitrogens with one attached hydrogen (secondary N) is 1. The van der Waals surface area contributed by atoms with Crippen molar-refractivity contribution >= 4 is 11.9 Å². The summed E-state index contributed by atoms with van der Waals surface area (Å²) in [5.74, 6) is 0.486. The minimum Gasteiger partial charge on any atom is -0.484 e. The van der Waals surface area contributed by atoms with E-state index in [2.05, 4.69) is 10.3 Å². The van der Waals surface area contributed by atoms with Crippen molar-refractivity contribution in [3.8, 4) is 5.75 Å². The first-order valence-corrected chi connectivity index (χ1v) is 9.23. The average Bonchev–Trinajstić information content (AvgIpc) is 2.67. The highest BCUT2D eigenvalue weighted by molar-refractivity contribution is 5.81. The van der Waals surface area contributed by atoms with Gasteiger partial charge in [-0.3, -0.25) is 9.79 Å². The van der Waals surface area contributed by atoms with Crippen LogP contribution in [0.5, 0.6) is 5.75 Å². The number of carbonyl (C=O) groups is 1. The number of rotatable bonds is 6. The first kappa shape index (κ1) is 21.8. The second kappa shape index (κ2) is 10.2. The minimum absolute atomic E-state index is 0.166. The van der Waals surface area contributed by atoms with Crippen molar-refractivity contribution in [2.45, 2.75) is 32.5 Å². The quantitative estimate of drug-likeness (QED) is 0.451. The predicted octanol–water partition coefficient (Wildman–Crippen LogP) is 2.98. The SMILES string of the molecule is CCOC(=O)C1CCCN(C(=NC)NCc2ccc(OCC(F)(F)F)cc2)C1. The highest BCUT2D eigenvalue weighted by Gasteiger charge is 2.29. The number of esters is 1. The molecule has 1 aromatic carbocycles. The van der Waals surface area contributed by atoms with Crippen molar-refractivity contribution in [2.75, 3.05) is 33.4 Å². The Labute approximate surface area is 162 Å². The van der Waals surface area contributed by atoms with Gasteiger partial charge in [-0.15, -0.1) is 0 Å². The number of piperidine rings is 1. The lowest BCUT2D eigenvalue weighted by Gasteiger charge is -2.34. The van der Waals surface area contributed by atoms with Crippen LogP contribution in [-0.2, 0) is 16.1 Å². The standard InChI is InChI=1S/C19H26F3N3O3/c1-3-27-17(26)15-5-4-10-25(12-15)18(23-2)24-11-14-6-8-16(9-7-14)28-13-19(20,21)22/h6-9,15H,3-5,10-13H2,1-2H3,(H,23,24). The Balaban J connectivity index is 1.87. The molecule has 1 saturated heterocycles. The van der Waals surface area contributed by atoms with Crippen LogP contribution >= 0.6 is 0 Å². The second-order valence-corrected chi connectivity index (χ2v) is 6.49. The molecule has 1 heterocycles. The average molecular weight is 401 g/mol. The van der Waals surface area contributed by atoms with Gasteiger partial charge >= 0.3 is 12.1 Å². The number of guanidine groups is 1. The maximum atomic E-state index is 12.2. The highest BCUT2D eigenvalue weighted by Crippen LogP contribution is 2.20. The van der Waals surface area contributed by atoms with Crippen molar-refractivity contribution in [3.63, 3.8) is 0 Å². The third kappa shape index (κ3) is 6.94. The molecule has 1 fully saturated rings. The van der Waals surface area contributed by atoms with E-state index in [1.54, 1.807) is 26.1 Å². The molecule has 1 atom stereocenters. The second-order valence-electron chi connectivity index (χ2n) is 6.49. The lowest BCUT2D eigenvalue weighted by Crippen LogP contribution is -2.48. The summed E-state index contributed by atoms with van der Waals surface area (Å²) in [5.41, 5.74) is 0.875. The zero-order valence-electron chi connectivity index (χ0n) is 16.1. The van der Waals surface area contributed by atoms with E-state index in [4.69, 9.17) is 9.47 Å². The lowest BCUT2D eigenvalue weighted by molar-refractivity contribution is -0.153. The van der Waals surface area contributed by atoms with Crippen LogP contribution in [0.25, 0.3) is 0 Å². The third-order valence-corrected chi connectivity index (χ3v) is 4.33. The Morgan fingerprint density at radius 1 is 1.32 bits per heavy atom. The zero-order chi connectivity index (χ0) is 20.6. The van der Waals surface area contributed by atoms with Gasteiger partial charge in [0.2, 0.25) is 0 Å². The summed E-state index contributed by atoms with van der Waals surface area (Å²) in [6.07, 6.45) is -2.69. The first-order chi connectivity index (χ1) is 13.3. The number of hydrogen-bond acceptors (Lipinski definition) is 4. The number of ether oxygens (including phenoxy) is 2. The van der Waals surface area contributed by atoms with Crippen molar-refractivity contribution in [3.05, 3.63) is 29.8 Å². The van der Waals surface area contributed by atoms with E-state index in [0.29, 0.717) is 25.7 Å². The van der Waals surface area contributed by atoms with Gasteiger partial charge in [0, 0.05) is 26.7 Å². The van der Waals surface area contributed by atoms with Gasteiger partial charge in [-0.1, -0.05) is 12.1 Å². The van der Waals surface area contributed by atoms with Gasteiger partial charge in [-0.05, 0) is 37.5 Å². The topological polar surface area (TPSA) is 63.2 Å². The van der Waals surface area contributed by atoms with E-state index in [9.17, 15) is 18.0 Å². The van der Waals surface area contributed by atoms with E-state index in [1.165, 1.54) is 12.1 Å². The summed E-state index contributed by atoms with van der Waals surface area (Å²) in [7, 11) is 1.67. The molecule has 6 nitrogen and oxygen atoms in total. The largest absolute Gasteiger partial charge is 0.484 e. The Morgan fingerprint density at radius 3 is 2.64 bits per heavy atom. The van der Waals surface area contributed by atoms with Gasteiger partial charge < -0.3 is 19.7 Å². The lowest BCUT2D eigenvalue weighted by atomic mass is 9.98. The molecule has 0 radical (unpaired) electrons. The molecule has 9 heteroatoms. The van der Waals surface area contributed by atoms with Gasteiger partial charge in [0.15, 0.2) is 12.6 Å². The normalized spacial score (nSPS) is 18.0. The predicted molar refractivity (Wildman–Crippen MR) is 99.1 cm³/mol. The van der Waals surface area contributed by atoms with Crippen LogP contribution in [0, 0.1) is 5.92 Å². The number of nitrogens with zero attached hydrogens (tertiary/aromatic N) is 2. The van der Waals surface area contributed by atoms with Crippen LogP contribution in [0.2, 0.25) is 0 Å². The summed E-state index contributed by atoms with van der Waals surface area (Å²) >= 11 is 0. The number of hydrogen-bond donors (Lipinski definition) is 1. The molecule has 0 aliphatic carbocycles. The molecule has 28 heavy (non-hydrogen) atoms. The van der Waals surface area contributed by atoms with Gasteiger partial charge in [-0.25, -0.2) is 0 Å². The number of likely N-dealkylation sites (tertiary alicyclic amines) is 1. The van der Waals surface area contributed by atoms with E-state index < -0.39 is 12.8 Å². The smallest absolute Gasteiger partial charge is 0.422 e. The van der Waals surface area contributed by atoms with E-state index in [1.807, 2.05) is 4.90 Å². The fourth-order valence-corrected chi connectivity index (χ4v) is 3.00. The molecule has 0 spiro atoms. The Morgan fingerprint density at radius 2 is 2.04 bits per heavy atom. The molecule has 1 unspecified atom stereocenters. The Kier molecular flexibility index (Phi) is 7.95. The number of halogens is 3. The van der Waals surface area contributed by atoms with Crippen LogP contribution in [0.1, 0.15) is 25.3 Å². The van der Waals surface area contributed by atoms with Crippen molar-refractivity contribution in [2.24, 2.45) is 10.9 Å². The van der Waals surface area contributed by atoms with Gasteiger partial charge in [0.1, 0.15) is 5.75 Å². The van der Waals surface area contributed by atoms with Crippen molar-refractivity contribution < 1.29 is 27.4 Å². The molecule has 1 aliphatic rings. The maximum absolute atomic E-state index is 12.2. The summed E-state index contributed by atoms with van der Waals surface area (Å²) in [6.45, 7) is 2.63. The van der Waals surface area contributed by atoms with Crippen LogP contribution < -0.4 is 10.1 Å². The molecule has 0 bridgehead atoms. The summed E-state index contributed by atoms with van der Waals surface area (Å²) < 4.78 is 46.4. The molecule has 0 amide bonds. The molecule has 1 aromatic rings. The van der Waals surface area contributed by atoms with Gasteiger partial charge in [-0.2, -0.15) is 13.2 Å². The number of carbonyl (C=O) groups excluding carboxylic acids is 1. The number of aliphatic imine (C=N–C) groups is 1. The molecular weight excluding hydrogens is 375 g/mol. The molecule has 156 valence electrons. The van der Waals surface area contributed by atoms with Gasteiger partial charge in [0.05, 0.1) is 12.5 Å². The fraction of sp³-hybridized carbons (Fsp3) is 0.579. The summed E-state index contributed by atoms with van der Waals surface area (Å²) in [6, 6.07) is 6.40. The summed E-state index contributed by atoms with van der Waals surface area (Å²) in [5, 5.41) is 3.23. The van der Waals surface area contributed by atoms with Crippen molar-refractivity contribution in [1.29, 1.82) is 0 Å². The van der Waals surface area contributed by atoms with Crippen LogP contribution in [-0.4, -0.2) is 56.4 Å². The first-order valence-electron chi connectivity index (χ1n) is 9.23. The third-order valence-electron chi connectivity index (χ3n) is 4.33.